The van der Waals surface area contributed by atoms with Crippen LogP contribution in [-0.4, -0.2) is 63.0 Å². The Balaban J connectivity index is 1.68. The lowest BCUT2D eigenvalue weighted by molar-refractivity contribution is -0.0875. The zero-order valence-corrected chi connectivity index (χ0v) is 11.9. The minimum atomic E-state index is 0.243. The third-order valence-corrected chi connectivity index (χ3v) is 4.25. The summed E-state index contributed by atoms with van der Waals surface area (Å²) >= 11 is 0. The van der Waals surface area contributed by atoms with Crippen molar-refractivity contribution >= 4 is 0 Å². The van der Waals surface area contributed by atoms with E-state index in [-0.39, 0.29) is 6.10 Å². The van der Waals surface area contributed by atoms with Crippen LogP contribution in [0.15, 0.2) is 0 Å². The van der Waals surface area contributed by atoms with Crippen molar-refractivity contribution in [1.82, 2.24) is 10.2 Å². The van der Waals surface area contributed by atoms with Crippen LogP contribution in [0.2, 0.25) is 0 Å². The van der Waals surface area contributed by atoms with E-state index in [1.54, 1.807) is 0 Å². The first kappa shape index (κ1) is 14.3. The van der Waals surface area contributed by atoms with Gasteiger partial charge in [-0.3, -0.25) is 0 Å². The van der Waals surface area contributed by atoms with E-state index in [2.05, 4.69) is 24.1 Å². The zero-order chi connectivity index (χ0) is 12.8. The summed E-state index contributed by atoms with van der Waals surface area (Å²) in [6, 6.07) is 0.574. The standard InChI is InChI=1S/C14H28N2O2/c1-3-16-6-4-5-13(10-16)12(2)15-9-14-11-17-7-8-18-14/h12-15H,3-11H2,1-2H3. The van der Waals surface area contributed by atoms with E-state index < -0.39 is 0 Å². The highest BCUT2D eigenvalue weighted by atomic mass is 16.6. The molecule has 0 saturated carbocycles. The normalized spacial score (nSPS) is 32.3. The molecule has 2 heterocycles. The maximum Gasteiger partial charge on any atom is 0.0933 e. The molecule has 0 radical (unpaired) electrons. The predicted octanol–water partition coefficient (Wildman–Crippen LogP) is 1.11. The summed E-state index contributed by atoms with van der Waals surface area (Å²) < 4.78 is 11.1. The second-order valence-electron chi connectivity index (χ2n) is 5.56. The highest BCUT2D eigenvalue weighted by molar-refractivity contribution is 4.81. The molecule has 4 heteroatoms. The van der Waals surface area contributed by atoms with E-state index in [0.29, 0.717) is 6.04 Å². The maximum absolute atomic E-state index is 5.66. The van der Waals surface area contributed by atoms with Crippen LogP contribution in [0.5, 0.6) is 0 Å². The molecule has 4 nitrogen and oxygen atoms in total. The largest absolute Gasteiger partial charge is 0.376 e. The molecule has 2 saturated heterocycles. The molecule has 3 atom stereocenters. The molecule has 3 unspecified atom stereocenters. The van der Waals surface area contributed by atoms with Crippen LogP contribution in [0.25, 0.3) is 0 Å². The summed E-state index contributed by atoms with van der Waals surface area (Å²) in [7, 11) is 0. The molecule has 2 fully saturated rings. The van der Waals surface area contributed by atoms with Crippen molar-refractivity contribution in [2.45, 2.75) is 38.8 Å². The predicted molar refractivity (Wildman–Crippen MR) is 72.9 cm³/mol. The van der Waals surface area contributed by atoms with Gasteiger partial charge in [-0.05, 0) is 38.8 Å². The van der Waals surface area contributed by atoms with Gasteiger partial charge in [0.1, 0.15) is 0 Å². The van der Waals surface area contributed by atoms with Crippen molar-refractivity contribution in [3.63, 3.8) is 0 Å². The molecule has 0 aromatic carbocycles. The van der Waals surface area contributed by atoms with Crippen LogP contribution in [0.1, 0.15) is 26.7 Å². The van der Waals surface area contributed by atoms with Gasteiger partial charge in [-0.1, -0.05) is 6.92 Å². The molecule has 18 heavy (non-hydrogen) atoms. The molecule has 2 aliphatic heterocycles. The average molecular weight is 256 g/mol. The number of nitrogens with one attached hydrogen (secondary N) is 1. The molecule has 2 aliphatic rings. The quantitative estimate of drug-likeness (QED) is 0.799. The second kappa shape index (κ2) is 7.43. The number of hydrogen-bond acceptors (Lipinski definition) is 4. The Bertz CT molecular complexity index is 232. The van der Waals surface area contributed by atoms with Crippen LogP contribution in [0.3, 0.4) is 0 Å². The lowest BCUT2D eigenvalue weighted by atomic mass is 9.91. The van der Waals surface area contributed by atoms with Crippen molar-refractivity contribution in [2.24, 2.45) is 5.92 Å². The van der Waals surface area contributed by atoms with Crippen molar-refractivity contribution in [3.8, 4) is 0 Å². The Morgan fingerprint density at radius 3 is 3.00 bits per heavy atom. The van der Waals surface area contributed by atoms with Crippen molar-refractivity contribution < 1.29 is 9.47 Å². The molecule has 0 aromatic heterocycles. The summed E-state index contributed by atoms with van der Waals surface area (Å²) in [6.45, 7) is 11.4. The van der Waals surface area contributed by atoms with Gasteiger partial charge < -0.3 is 19.7 Å². The summed E-state index contributed by atoms with van der Waals surface area (Å²) in [5, 5.41) is 3.64. The fraction of sp³-hybridized carbons (Fsp3) is 1.00. The highest BCUT2D eigenvalue weighted by Gasteiger charge is 2.24. The van der Waals surface area contributed by atoms with Gasteiger partial charge in [-0.2, -0.15) is 0 Å². The Labute approximate surface area is 111 Å². The summed E-state index contributed by atoms with van der Waals surface area (Å²) in [6.07, 6.45) is 2.94. The number of piperidine rings is 1. The van der Waals surface area contributed by atoms with Gasteiger partial charge in [0.2, 0.25) is 0 Å². The topological polar surface area (TPSA) is 33.7 Å². The number of hydrogen-bond donors (Lipinski definition) is 1. The number of nitrogens with zero attached hydrogens (tertiary/aromatic N) is 1. The Morgan fingerprint density at radius 2 is 2.28 bits per heavy atom. The number of likely N-dealkylation sites (tertiary alicyclic amines) is 1. The van der Waals surface area contributed by atoms with Gasteiger partial charge in [-0.15, -0.1) is 0 Å². The van der Waals surface area contributed by atoms with Crippen molar-refractivity contribution in [2.75, 3.05) is 46.0 Å². The van der Waals surface area contributed by atoms with E-state index >= 15 is 0 Å². The summed E-state index contributed by atoms with van der Waals surface area (Å²) in [5.74, 6) is 0.781. The van der Waals surface area contributed by atoms with Gasteiger partial charge in [0.25, 0.3) is 0 Å². The molecule has 0 aliphatic carbocycles. The summed E-state index contributed by atoms with van der Waals surface area (Å²) in [4.78, 5) is 2.56. The van der Waals surface area contributed by atoms with E-state index in [9.17, 15) is 0 Å². The molecule has 2 rings (SSSR count). The van der Waals surface area contributed by atoms with E-state index in [1.807, 2.05) is 0 Å². The van der Waals surface area contributed by atoms with Crippen LogP contribution in [0.4, 0.5) is 0 Å². The summed E-state index contributed by atoms with van der Waals surface area (Å²) in [5.41, 5.74) is 0. The van der Waals surface area contributed by atoms with Gasteiger partial charge >= 0.3 is 0 Å². The SMILES string of the molecule is CCN1CCCC(C(C)NCC2COCCO2)C1. The maximum atomic E-state index is 5.66. The van der Waals surface area contributed by atoms with Crippen LogP contribution < -0.4 is 5.32 Å². The first-order valence-electron chi connectivity index (χ1n) is 7.44. The van der Waals surface area contributed by atoms with Gasteiger partial charge in [-0.25, -0.2) is 0 Å². The Hall–Kier alpha value is -0.160. The zero-order valence-electron chi connectivity index (χ0n) is 11.9. The molecule has 0 amide bonds. The first-order valence-corrected chi connectivity index (χ1v) is 7.44. The molecular weight excluding hydrogens is 228 g/mol. The van der Waals surface area contributed by atoms with E-state index in [0.717, 1.165) is 32.3 Å². The van der Waals surface area contributed by atoms with Crippen LogP contribution in [-0.2, 0) is 9.47 Å². The van der Waals surface area contributed by atoms with Gasteiger partial charge in [0.15, 0.2) is 0 Å². The first-order chi connectivity index (χ1) is 8.79. The molecule has 0 bridgehead atoms. The van der Waals surface area contributed by atoms with Crippen LogP contribution >= 0.6 is 0 Å². The lowest BCUT2D eigenvalue weighted by Gasteiger charge is -2.36. The molecule has 0 spiro atoms. The molecular formula is C14H28N2O2. The fourth-order valence-corrected chi connectivity index (χ4v) is 2.93. The number of ether oxygens (including phenoxy) is 2. The molecule has 106 valence electrons. The van der Waals surface area contributed by atoms with Crippen LogP contribution in [0, 0.1) is 5.92 Å². The van der Waals surface area contributed by atoms with Crippen molar-refractivity contribution in [1.29, 1.82) is 0 Å². The lowest BCUT2D eigenvalue weighted by Crippen LogP contribution is -2.47. The van der Waals surface area contributed by atoms with Gasteiger partial charge in [0, 0.05) is 19.1 Å². The minimum absolute atomic E-state index is 0.243. The Kier molecular flexibility index (Phi) is 5.89. The Morgan fingerprint density at radius 1 is 1.39 bits per heavy atom. The van der Waals surface area contributed by atoms with Gasteiger partial charge in [0.05, 0.1) is 25.9 Å². The minimum Gasteiger partial charge on any atom is -0.376 e. The third kappa shape index (κ3) is 4.19. The molecule has 0 aromatic rings. The third-order valence-electron chi connectivity index (χ3n) is 4.25. The van der Waals surface area contributed by atoms with E-state index in [1.165, 1.54) is 32.5 Å². The number of rotatable bonds is 5. The highest BCUT2D eigenvalue weighted by Crippen LogP contribution is 2.19. The average Bonchev–Trinajstić information content (AvgIpc) is 2.46. The monoisotopic (exact) mass is 256 g/mol. The smallest absolute Gasteiger partial charge is 0.0933 e. The van der Waals surface area contributed by atoms with Crippen molar-refractivity contribution in [3.05, 3.63) is 0 Å². The van der Waals surface area contributed by atoms with E-state index in [4.69, 9.17) is 9.47 Å². The fourth-order valence-electron chi connectivity index (χ4n) is 2.93. The molecule has 1 N–H and O–H groups in total. The second-order valence-corrected chi connectivity index (χ2v) is 5.56.